The number of nitrogens with one attached hydrogen (secondary N) is 1. The highest BCUT2D eigenvalue weighted by Crippen LogP contribution is 2.35. The van der Waals surface area contributed by atoms with Crippen molar-refractivity contribution in [3.05, 3.63) is 57.4 Å². The summed E-state index contributed by atoms with van der Waals surface area (Å²) in [5.74, 6) is -0.239. The van der Waals surface area contributed by atoms with Gasteiger partial charge in [-0.1, -0.05) is 30.3 Å². The van der Waals surface area contributed by atoms with Gasteiger partial charge in [-0.15, -0.1) is 0 Å². The molecule has 106 valence electrons. The number of aromatic nitrogens is 1. The molecule has 2 aromatic carbocycles. The zero-order chi connectivity index (χ0) is 15.0. The molecule has 0 radical (unpaired) electrons. The van der Waals surface area contributed by atoms with Crippen LogP contribution in [0.2, 0.25) is 0 Å². The number of hydrogen-bond donors (Lipinski definition) is 1. The maximum Gasteiger partial charge on any atom is 0.125 e. The molecule has 0 aliphatic rings. The van der Waals surface area contributed by atoms with Crippen LogP contribution in [0.1, 0.15) is 5.56 Å². The van der Waals surface area contributed by atoms with E-state index in [2.05, 4.69) is 27.9 Å². The van der Waals surface area contributed by atoms with Crippen molar-refractivity contribution in [3.8, 4) is 11.3 Å². The van der Waals surface area contributed by atoms with Gasteiger partial charge in [-0.05, 0) is 47.2 Å². The zero-order valence-electron chi connectivity index (χ0n) is 11.7. The molecule has 0 unspecified atom stereocenters. The van der Waals surface area contributed by atoms with Crippen LogP contribution < -0.4 is 5.32 Å². The fourth-order valence-electron chi connectivity index (χ4n) is 2.59. The van der Waals surface area contributed by atoms with E-state index in [1.54, 1.807) is 0 Å². The average molecular weight is 392 g/mol. The van der Waals surface area contributed by atoms with Crippen molar-refractivity contribution in [1.29, 1.82) is 0 Å². The van der Waals surface area contributed by atoms with Crippen LogP contribution in [0.15, 0.2) is 42.5 Å². The third kappa shape index (κ3) is 2.48. The first-order valence-corrected chi connectivity index (χ1v) is 7.72. The Kier molecular flexibility index (Phi) is 3.80. The first-order valence-electron chi connectivity index (χ1n) is 6.64. The summed E-state index contributed by atoms with van der Waals surface area (Å²) in [5.41, 5.74) is 4.77. The minimum atomic E-state index is -0.239. The van der Waals surface area contributed by atoms with Crippen LogP contribution in [0.3, 0.4) is 0 Å². The minimum absolute atomic E-state index is 0.239. The molecule has 0 fully saturated rings. The zero-order valence-corrected chi connectivity index (χ0v) is 13.9. The summed E-state index contributed by atoms with van der Waals surface area (Å²) in [5, 5.41) is 4.01. The number of nitrogens with zero attached hydrogens (tertiary/aromatic N) is 1. The fraction of sp³-hybridized carbons (Fsp3) is 0.118. The summed E-state index contributed by atoms with van der Waals surface area (Å²) in [6.07, 6.45) is 0. The Hall–Kier alpha value is -1.69. The van der Waals surface area contributed by atoms with Gasteiger partial charge in [-0.25, -0.2) is 9.37 Å². The number of anilines is 1. The first-order chi connectivity index (χ1) is 10.1. The maximum atomic E-state index is 13.7. The molecule has 3 aromatic rings. The predicted molar refractivity (Wildman–Crippen MR) is 94.1 cm³/mol. The lowest BCUT2D eigenvalue weighted by molar-refractivity contribution is 0.629. The van der Waals surface area contributed by atoms with Gasteiger partial charge in [0.25, 0.3) is 0 Å². The molecule has 0 bridgehead atoms. The van der Waals surface area contributed by atoms with Crippen LogP contribution in [-0.2, 0) is 0 Å². The van der Waals surface area contributed by atoms with E-state index in [1.807, 2.05) is 44.3 Å². The maximum absolute atomic E-state index is 13.7. The molecular weight excluding hydrogens is 378 g/mol. The van der Waals surface area contributed by atoms with E-state index in [1.165, 1.54) is 12.1 Å². The number of pyridine rings is 1. The molecule has 0 spiro atoms. The molecule has 1 N–H and O–H groups in total. The number of benzene rings is 2. The summed E-state index contributed by atoms with van der Waals surface area (Å²) in [6, 6.07) is 13.1. The second-order valence-electron chi connectivity index (χ2n) is 4.86. The molecule has 1 aromatic heterocycles. The van der Waals surface area contributed by atoms with E-state index in [0.29, 0.717) is 0 Å². The molecular formula is C17H14FIN2. The largest absolute Gasteiger partial charge is 0.387 e. The summed E-state index contributed by atoms with van der Waals surface area (Å²) < 4.78 is 14.5. The molecule has 4 heteroatoms. The lowest BCUT2D eigenvalue weighted by atomic mass is 10.0. The highest BCUT2D eigenvalue weighted by Gasteiger charge is 2.15. The number of halogens is 2. The SMILES string of the molecule is CNc1c(C)c(-c2ccccc2)nc2c(I)cc(F)cc12. The lowest BCUT2D eigenvalue weighted by Crippen LogP contribution is -2.00. The molecule has 0 aliphatic heterocycles. The molecule has 3 rings (SSSR count). The van der Waals surface area contributed by atoms with Gasteiger partial charge >= 0.3 is 0 Å². The van der Waals surface area contributed by atoms with E-state index < -0.39 is 0 Å². The van der Waals surface area contributed by atoms with Crippen LogP contribution in [0, 0.1) is 16.3 Å². The van der Waals surface area contributed by atoms with Crippen LogP contribution in [0.4, 0.5) is 10.1 Å². The van der Waals surface area contributed by atoms with Crippen molar-refractivity contribution in [3.63, 3.8) is 0 Å². The fourth-order valence-corrected chi connectivity index (χ4v) is 3.29. The van der Waals surface area contributed by atoms with Gasteiger partial charge in [-0.3, -0.25) is 0 Å². The Morgan fingerprint density at radius 2 is 1.86 bits per heavy atom. The monoisotopic (exact) mass is 392 g/mol. The van der Waals surface area contributed by atoms with E-state index in [0.717, 1.165) is 37.0 Å². The third-order valence-corrected chi connectivity index (χ3v) is 4.37. The Labute approximate surface area is 136 Å². The topological polar surface area (TPSA) is 24.9 Å². The smallest absolute Gasteiger partial charge is 0.125 e. The minimum Gasteiger partial charge on any atom is -0.387 e. The summed E-state index contributed by atoms with van der Waals surface area (Å²) >= 11 is 2.13. The molecule has 1 heterocycles. The Bertz CT molecular complexity index is 816. The third-order valence-electron chi connectivity index (χ3n) is 3.55. The number of hydrogen-bond acceptors (Lipinski definition) is 2. The second kappa shape index (κ2) is 5.60. The van der Waals surface area contributed by atoms with Crippen molar-refractivity contribution in [2.45, 2.75) is 6.92 Å². The molecule has 21 heavy (non-hydrogen) atoms. The second-order valence-corrected chi connectivity index (χ2v) is 6.02. The van der Waals surface area contributed by atoms with Crippen molar-refractivity contribution >= 4 is 39.2 Å². The Balaban J connectivity index is 2.41. The molecule has 2 nitrogen and oxygen atoms in total. The van der Waals surface area contributed by atoms with E-state index in [4.69, 9.17) is 4.98 Å². The standard InChI is InChI=1S/C17H14FIN2/c1-10-15(11-6-4-3-5-7-11)21-17-13(16(10)20-2)8-12(18)9-14(17)19/h3-9H,1-2H3,(H,20,21). The Morgan fingerprint density at radius 3 is 2.52 bits per heavy atom. The van der Waals surface area contributed by atoms with Crippen molar-refractivity contribution in [2.75, 3.05) is 12.4 Å². The van der Waals surface area contributed by atoms with Gasteiger partial charge in [0.1, 0.15) is 5.82 Å². The lowest BCUT2D eigenvalue weighted by Gasteiger charge is -2.15. The van der Waals surface area contributed by atoms with Gasteiger partial charge in [0, 0.05) is 27.3 Å². The summed E-state index contributed by atoms with van der Waals surface area (Å²) in [4.78, 5) is 4.78. The summed E-state index contributed by atoms with van der Waals surface area (Å²) in [7, 11) is 1.86. The van der Waals surface area contributed by atoms with Crippen LogP contribution >= 0.6 is 22.6 Å². The van der Waals surface area contributed by atoms with E-state index in [-0.39, 0.29) is 5.82 Å². The molecule has 0 amide bonds. The van der Waals surface area contributed by atoms with Gasteiger partial charge in [0.15, 0.2) is 0 Å². The normalized spacial score (nSPS) is 10.9. The van der Waals surface area contributed by atoms with Crippen molar-refractivity contribution < 1.29 is 4.39 Å². The van der Waals surface area contributed by atoms with Crippen molar-refractivity contribution in [2.24, 2.45) is 0 Å². The van der Waals surface area contributed by atoms with Gasteiger partial charge < -0.3 is 5.32 Å². The van der Waals surface area contributed by atoms with Gasteiger partial charge in [0.2, 0.25) is 0 Å². The van der Waals surface area contributed by atoms with E-state index in [9.17, 15) is 4.39 Å². The van der Waals surface area contributed by atoms with Crippen LogP contribution in [-0.4, -0.2) is 12.0 Å². The number of rotatable bonds is 2. The quantitative estimate of drug-likeness (QED) is 0.622. The summed E-state index contributed by atoms with van der Waals surface area (Å²) in [6.45, 7) is 2.01. The van der Waals surface area contributed by atoms with E-state index >= 15 is 0 Å². The average Bonchev–Trinajstić information content (AvgIpc) is 2.47. The molecule has 0 atom stereocenters. The van der Waals surface area contributed by atoms with Crippen LogP contribution in [0.25, 0.3) is 22.2 Å². The van der Waals surface area contributed by atoms with Crippen LogP contribution in [0.5, 0.6) is 0 Å². The number of fused-ring (bicyclic) bond motifs is 1. The van der Waals surface area contributed by atoms with Gasteiger partial charge in [0.05, 0.1) is 11.2 Å². The molecule has 0 aliphatic carbocycles. The predicted octanol–water partition coefficient (Wildman–Crippen LogP) is 5.00. The van der Waals surface area contributed by atoms with Crippen molar-refractivity contribution in [1.82, 2.24) is 4.98 Å². The first kappa shape index (κ1) is 14.3. The Morgan fingerprint density at radius 1 is 1.14 bits per heavy atom. The highest BCUT2D eigenvalue weighted by molar-refractivity contribution is 14.1. The van der Waals surface area contributed by atoms with Gasteiger partial charge in [-0.2, -0.15) is 0 Å². The molecule has 0 saturated heterocycles. The highest BCUT2D eigenvalue weighted by atomic mass is 127. The molecule has 0 saturated carbocycles.